The minimum Gasteiger partial charge on any atom is -0.282 e. The summed E-state index contributed by atoms with van der Waals surface area (Å²) < 4.78 is 30.8. The second kappa shape index (κ2) is 6.20. The average Bonchev–Trinajstić information content (AvgIpc) is 2.45. The van der Waals surface area contributed by atoms with Gasteiger partial charge in [-0.25, -0.2) is 0 Å². The molecule has 106 valence electrons. The largest absolute Gasteiger partial charge is 0.294 e. The summed E-state index contributed by atoms with van der Waals surface area (Å²) in [5.41, 5.74) is 2.38. The Labute approximate surface area is 120 Å². The van der Waals surface area contributed by atoms with E-state index in [0.717, 1.165) is 18.4 Å². The van der Waals surface area contributed by atoms with E-state index in [1.807, 2.05) is 18.2 Å². The Morgan fingerprint density at radius 3 is 2.15 bits per heavy atom. The maximum Gasteiger partial charge on any atom is 0.294 e. The second-order valence-electron chi connectivity index (χ2n) is 4.97. The van der Waals surface area contributed by atoms with E-state index in [1.54, 1.807) is 12.1 Å². The Hall–Kier alpha value is -1.65. The molecule has 4 heteroatoms. The van der Waals surface area contributed by atoms with E-state index in [4.69, 9.17) is 4.55 Å². The molecule has 2 aromatic carbocycles. The van der Waals surface area contributed by atoms with Crippen LogP contribution in [-0.4, -0.2) is 13.0 Å². The van der Waals surface area contributed by atoms with E-state index < -0.39 is 10.1 Å². The molecule has 2 aromatic rings. The molecule has 0 spiro atoms. The van der Waals surface area contributed by atoms with Crippen molar-refractivity contribution in [1.82, 2.24) is 0 Å². The summed E-state index contributed by atoms with van der Waals surface area (Å²) in [5.74, 6) is 0.456. The molecule has 1 N–H and O–H groups in total. The zero-order valence-corrected chi connectivity index (χ0v) is 12.2. The van der Waals surface area contributed by atoms with Gasteiger partial charge in [0, 0.05) is 0 Å². The minimum absolute atomic E-state index is 0.0580. The van der Waals surface area contributed by atoms with Crippen LogP contribution in [0.25, 0.3) is 0 Å². The topological polar surface area (TPSA) is 54.4 Å². The molecule has 0 aliphatic heterocycles. The van der Waals surface area contributed by atoms with Gasteiger partial charge in [-0.3, -0.25) is 4.55 Å². The second-order valence-corrected chi connectivity index (χ2v) is 6.39. The predicted octanol–water partition coefficient (Wildman–Crippen LogP) is 3.67. The van der Waals surface area contributed by atoms with Crippen LogP contribution in [0.4, 0.5) is 0 Å². The van der Waals surface area contributed by atoms with Crippen LogP contribution in [0, 0.1) is 0 Å². The van der Waals surface area contributed by atoms with Crippen molar-refractivity contribution < 1.29 is 13.0 Å². The van der Waals surface area contributed by atoms with Crippen LogP contribution in [0.1, 0.15) is 30.4 Å². The van der Waals surface area contributed by atoms with E-state index >= 15 is 0 Å². The van der Waals surface area contributed by atoms with Crippen molar-refractivity contribution in [1.29, 1.82) is 0 Å². The fourth-order valence-corrected chi connectivity index (χ4v) is 2.64. The SMILES string of the molecule is C[C@@H](CCc1ccc(S(=O)(=O)O)cc1)c1ccccc1. The molecule has 0 radical (unpaired) electrons. The van der Waals surface area contributed by atoms with Crippen LogP contribution >= 0.6 is 0 Å². The van der Waals surface area contributed by atoms with Crippen LogP contribution in [0.2, 0.25) is 0 Å². The van der Waals surface area contributed by atoms with Gasteiger partial charge in [-0.15, -0.1) is 0 Å². The van der Waals surface area contributed by atoms with Crippen molar-refractivity contribution in [2.45, 2.75) is 30.6 Å². The lowest BCUT2D eigenvalue weighted by Crippen LogP contribution is -1.99. The fourth-order valence-electron chi connectivity index (χ4n) is 2.16. The van der Waals surface area contributed by atoms with Crippen molar-refractivity contribution in [3.05, 3.63) is 65.7 Å². The van der Waals surface area contributed by atoms with Gasteiger partial charge in [0.15, 0.2) is 0 Å². The van der Waals surface area contributed by atoms with Gasteiger partial charge in [0.2, 0.25) is 0 Å². The number of rotatable bonds is 5. The summed E-state index contributed by atoms with van der Waals surface area (Å²) in [4.78, 5) is -0.0580. The first-order valence-electron chi connectivity index (χ1n) is 6.58. The van der Waals surface area contributed by atoms with E-state index in [0.29, 0.717) is 5.92 Å². The quantitative estimate of drug-likeness (QED) is 0.855. The van der Waals surface area contributed by atoms with E-state index in [2.05, 4.69) is 19.1 Å². The molecule has 0 amide bonds. The third-order valence-electron chi connectivity index (χ3n) is 3.46. The van der Waals surface area contributed by atoms with E-state index in [9.17, 15) is 8.42 Å². The van der Waals surface area contributed by atoms with Crippen molar-refractivity contribution >= 4 is 10.1 Å². The fraction of sp³-hybridized carbons (Fsp3) is 0.250. The molecule has 0 bridgehead atoms. The highest BCUT2D eigenvalue weighted by Gasteiger charge is 2.09. The molecule has 0 unspecified atom stereocenters. The van der Waals surface area contributed by atoms with Crippen molar-refractivity contribution in [3.8, 4) is 0 Å². The molecule has 0 aliphatic carbocycles. The van der Waals surface area contributed by atoms with Gasteiger partial charge in [0.25, 0.3) is 10.1 Å². The Morgan fingerprint density at radius 2 is 1.60 bits per heavy atom. The molecule has 0 aliphatic rings. The molecule has 0 heterocycles. The maximum atomic E-state index is 11.0. The normalized spacial score (nSPS) is 13.1. The van der Waals surface area contributed by atoms with Gasteiger partial charge in [-0.1, -0.05) is 49.4 Å². The minimum atomic E-state index is -4.09. The summed E-state index contributed by atoms with van der Waals surface area (Å²) >= 11 is 0. The lowest BCUT2D eigenvalue weighted by molar-refractivity contribution is 0.483. The first-order valence-corrected chi connectivity index (χ1v) is 8.02. The van der Waals surface area contributed by atoms with Gasteiger partial charge >= 0.3 is 0 Å². The Morgan fingerprint density at radius 1 is 1.00 bits per heavy atom. The van der Waals surface area contributed by atoms with Gasteiger partial charge in [-0.2, -0.15) is 8.42 Å². The summed E-state index contributed by atoms with van der Waals surface area (Å²) in [7, 11) is -4.09. The molecule has 0 fully saturated rings. The molecule has 1 atom stereocenters. The third-order valence-corrected chi connectivity index (χ3v) is 4.32. The zero-order valence-electron chi connectivity index (χ0n) is 11.4. The predicted molar refractivity (Wildman–Crippen MR) is 79.4 cm³/mol. The van der Waals surface area contributed by atoms with Crippen molar-refractivity contribution in [2.75, 3.05) is 0 Å². The molecule has 0 saturated heterocycles. The Balaban J connectivity index is 1.98. The number of aryl methyl sites for hydroxylation is 1. The third kappa shape index (κ3) is 3.92. The molecule has 3 nitrogen and oxygen atoms in total. The maximum absolute atomic E-state index is 11.0. The molecule has 0 saturated carbocycles. The Kier molecular flexibility index (Phi) is 4.57. The summed E-state index contributed by atoms with van der Waals surface area (Å²) in [5, 5.41) is 0. The number of hydrogen-bond donors (Lipinski definition) is 1. The highest BCUT2D eigenvalue weighted by Crippen LogP contribution is 2.21. The van der Waals surface area contributed by atoms with E-state index in [-0.39, 0.29) is 4.90 Å². The zero-order chi connectivity index (χ0) is 14.6. The average molecular weight is 290 g/mol. The van der Waals surface area contributed by atoms with Crippen LogP contribution < -0.4 is 0 Å². The summed E-state index contributed by atoms with van der Waals surface area (Å²) in [6.07, 6.45) is 1.87. The number of benzene rings is 2. The van der Waals surface area contributed by atoms with Gasteiger partial charge in [-0.05, 0) is 42.0 Å². The highest BCUT2D eigenvalue weighted by atomic mass is 32.2. The van der Waals surface area contributed by atoms with Crippen LogP contribution in [0.3, 0.4) is 0 Å². The Bertz CT molecular complexity index is 646. The van der Waals surface area contributed by atoms with Gasteiger partial charge in [0.1, 0.15) is 0 Å². The van der Waals surface area contributed by atoms with Crippen molar-refractivity contribution in [2.24, 2.45) is 0 Å². The molecule has 2 rings (SSSR count). The molecular formula is C16H18O3S. The highest BCUT2D eigenvalue weighted by molar-refractivity contribution is 7.85. The standard InChI is InChI=1S/C16H18O3S/c1-13(15-5-3-2-4-6-15)7-8-14-9-11-16(12-10-14)20(17,18)19/h2-6,9-13H,7-8H2,1H3,(H,17,18,19)/t13-/m0/s1. The first-order chi connectivity index (χ1) is 9.47. The molecule has 20 heavy (non-hydrogen) atoms. The van der Waals surface area contributed by atoms with Crippen molar-refractivity contribution in [3.63, 3.8) is 0 Å². The number of hydrogen-bond acceptors (Lipinski definition) is 2. The summed E-state index contributed by atoms with van der Waals surface area (Å²) in [6.45, 7) is 2.18. The van der Waals surface area contributed by atoms with Gasteiger partial charge in [0.05, 0.1) is 4.90 Å². The summed E-state index contributed by atoms with van der Waals surface area (Å²) in [6, 6.07) is 16.7. The first kappa shape index (κ1) is 14.8. The van der Waals surface area contributed by atoms with Crippen LogP contribution in [0.15, 0.2) is 59.5 Å². The smallest absolute Gasteiger partial charge is 0.282 e. The van der Waals surface area contributed by atoms with Crippen LogP contribution in [-0.2, 0) is 16.5 Å². The monoisotopic (exact) mass is 290 g/mol. The van der Waals surface area contributed by atoms with Crippen LogP contribution in [0.5, 0.6) is 0 Å². The molecular weight excluding hydrogens is 272 g/mol. The molecule has 0 aromatic heterocycles. The lowest BCUT2D eigenvalue weighted by Gasteiger charge is -2.11. The van der Waals surface area contributed by atoms with E-state index in [1.165, 1.54) is 17.7 Å². The van der Waals surface area contributed by atoms with Gasteiger partial charge < -0.3 is 0 Å². The lowest BCUT2D eigenvalue weighted by atomic mass is 9.94.